The third-order valence-corrected chi connectivity index (χ3v) is 4.35. The van der Waals surface area contributed by atoms with Gasteiger partial charge in [-0.25, -0.2) is 0 Å². The molecule has 1 aliphatic rings. The van der Waals surface area contributed by atoms with E-state index in [0.717, 1.165) is 5.57 Å². The Hall–Kier alpha value is -1.94. The van der Waals surface area contributed by atoms with Crippen LogP contribution in [0.3, 0.4) is 0 Å². The minimum Gasteiger partial charge on any atom is -0.443 e. The van der Waals surface area contributed by atoms with E-state index in [2.05, 4.69) is 64.2 Å². The predicted molar refractivity (Wildman–Crippen MR) is 101 cm³/mol. The van der Waals surface area contributed by atoms with E-state index in [9.17, 15) is 0 Å². The molecule has 1 rings (SSSR count). The van der Waals surface area contributed by atoms with Gasteiger partial charge < -0.3 is 4.74 Å². The summed E-state index contributed by atoms with van der Waals surface area (Å²) in [4.78, 5) is 0. The summed E-state index contributed by atoms with van der Waals surface area (Å²) in [5, 5.41) is 0. The number of rotatable bonds is 6. The van der Waals surface area contributed by atoms with Gasteiger partial charge in [-0.05, 0) is 57.1 Å². The van der Waals surface area contributed by atoms with Crippen molar-refractivity contribution in [2.45, 2.75) is 53.9 Å². The largest absolute Gasteiger partial charge is 0.443 e. The number of hydrogen-bond acceptors (Lipinski definition) is 1. The van der Waals surface area contributed by atoms with Crippen molar-refractivity contribution in [3.8, 4) is 12.5 Å². The van der Waals surface area contributed by atoms with E-state index in [1.54, 1.807) is 0 Å². The van der Waals surface area contributed by atoms with Crippen LogP contribution < -0.4 is 0 Å². The highest BCUT2D eigenvalue weighted by Crippen LogP contribution is 2.40. The maximum atomic E-state index is 5.04. The number of allylic oxidation sites excluding steroid dienone is 9. The molecular formula is C22H30O. The van der Waals surface area contributed by atoms with Gasteiger partial charge in [-0.15, -0.1) is 0 Å². The Morgan fingerprint density at radius 2 is 2.00 bits per heavy atom. The zero-order valence-electron chi connectivity index (χ0n) is 15.3. The van der Waals surface area contributed by atoms with Gasteiger partial charge in [0.05, 0.1) is 0 Å². The molecule has 0 fully saturated rings. The van der Waals surface area contributed by atoms with Crippen LogP contribution in [0.2, 0.25) is 0 Å². The standard InChI is InChI=1S/C22H30O/c1-7-23-17-15-19(3)11-8-10-18(2)13-14-21-20(4)12-9-16-22(21,5)6/h1,8,10-11,13-15H,9,12,16-17H2,2-6H3/b11-8+,14-13+,18-10+,19-15+. The molecule has 0 aromatic carbocycles. The van der Waals surface area contributed by atoms with Gasteiger partial charge in [0, 0.05) is 0 Å². The molecule has 1 heteroatoms. The highest BCUT2D eigenvalue weighted by Gasteiger charge is 2.26. The Morgan fingerprint density at radius 3 is 2.65 bits per heavy atom. The number of hydrogen-bond donors (Lipinski definition) is 0. The van der Waals surface area contributed by atoms with Crippen LogP contribution in [0.1, 0.15) is 53.9 Å². The molecule has 1 nitrogen and oxygen atoms in total. The lowest BCUT2D eigenvalue weighted by Gasteiger charge is -2.32. The molecule has 0 heterocycles. The first-order valence-corrected chi connectivity index (χ1v) is 8.34. The third kappa shape index (κ3) is 6.78. The van der Waals surface area contributed by atoms with Crippen molar-refractivity contribution in [1.29, 1.82) is 0 Å². The lowest BCUT2D eigenvalue weighted by molar-refractivity contribution is 0.321. The zero-order valence-corrected chi connectivity index (χ0v) is 15.3. The van der Waals surface area contributed by atoms with Crippen LogP contribution in [0.25, 0.3) is 0 Å². The second-order valence-corrected chi connectivity index (χ2v) is 6.91. The Morgan fingerprint density at radius 1 is 1.26 bits per heavy atom. The average molecular weight is 310 g/mol. The average Bonchev–Trinajstić information content (AvgIpc) is 2.46. The minimum atomic E-state index is 0.297. The van der Waals surface area contributed by atoms with Gasteiger partial charge in [-0.1, -0.05) is 67.4 Å². The van der Waals surface area contributed by atoms with E-state index < -0.39 is 0 Å². The second-order valence-electron chi connectivity index (χ2n) is 6.91. The van der Waals surface area contributed by atoms with Crippen LogP contribution in [0.5, 0.6) is 0 Å². The maximum absolute atomic E-state index is 5.04. The van der Waals surface area contributed by atoms with Crippen LogP contribution in [-0.4, -0.2) is 6.61 Å². The lowest BCUT2D eigenvalue weighted by atomic mass is 9.72. The van der Waals surface area contributed by atoms with Gasteiger partial charge >= 0.3 is 0 Å². The molecule has 0 aromatic heterocycles. The molecule has 0 saturated heterocycles. The van der Waals surface area contributed by atoms with Crippen molar-refractivity contribution in [1.82, 2.24) is 0 Å². The van der Waals surface area contributed by atoms with E-state index in [1.807, 2.05) is 13.0 Å². The van der Waals surface area contributed by atoms with E-state index in [1.165, 1.54) is 36.0 Å². The molecule has 0 aromatic rings. The van der Waals surface area contributed by atoms with Gasteiger partial charge in [-0.3, -0.25) is 0 Å². The van der Waals surface area contributed by atoms with Gasteiger partial charge in [0.25, 0.3) is 0 Å². The van der Waals surface area contributed by atoms with E-state index >= 15 is 0 Å². The summed E-state index contributed by atoms with van der Waals surface area (Å²) in [6, 6.07) is 0. The molecule has 124 valence electrons. The van der Waals surface area contributed by atoms with Gasteiger partial charge in [0.2, 0.25) is 0 Å². The van der Waals surface area contributed by atoms with Crippen LogP contribution in [0, 0.1) is 17.9 Å². The van der Waals surface area contributed by atoms with Gasteiger partial charge in [0.15, 0.2) is 0 Å². The molecule has 1 aliphatic carbocycles. The fourth-order valence-electron chi connectivity index (χ4n) is 2.92. The number of ether oxygens (including phenoxy) is 1. The van der Waals surface area contributed by atoms with E-state index in [4.69, 9.17) is 11.2 Å². The molecule has 0 N–H and O–H groups in total. The van der Waals surface area contributed by atoms with E-state index in [-0.39, 0.29) is 0 Å². The summed E-state index contributed by atoms with van der Waals surface area (Å²) in [6.45, 7) is 11.6. The molecule has 23 heavy (non-hydrogen) atoms. The monoisotopic (exact) mass is 310 g/mol. The van der Waals surface area contributed by atoms with Gasteiger partial charge in [0.1, 0.15) is 12.7 Å². The SMILES string of the molecule is C#COC/C=C(C)/C=C/C=C(C)/C=C/C1=C(C)CCCC1(C)C. The summed E-state index contributed by atoms with van der Waals surface area (Å²) >= 11 is 0. The van der Waals surface area contributed by atoms with E-state index in [0.29, 0.717) is 12.0 Å². The van der Waals surface area contributed by atoms with Crippen LogP contribution in [0.15, 0.2) is 58.7 Å². The maximum Gasteiger partial charge on any atom is 0.119 e. The Balaban J connectivity index is 2.70. The van der Waals surface area contributed by atoms with Crippen molar-refractivity contribution < 1.29 is 4.74 Å². The first-order chi connectivity index (χ1) is 10.9. The molecule has 0 unspecified atom stereocenters. The fourth-order valence-corrected chi connectivity index (χ4v) is 2.92. The Kier molecular flexibility index (Phi) is 7.69. The van der Waals surface area contributed by atoms with Crippen LogP contribution in [-0.2, 0) is 4.74 Å². The summed E-state index contributed by atoms with van der Waals surface area (Å²) in [5.41, 5.74) is 5.72. The number of terminal acetylenes is 1. The Labute approximate surface area is 142 Å². The molecule has 0 bridgehead atoms. The molecule has 0 spiro atoms. The normalized spacial score (nSPS) is 19.5. The summed E-state index contributed by atoms with van der Waals surface area (Å²) in [5.74, 6) is 0. The van der Waals surface area contributed by atoms with Crippen molar-refractivity contribution in [3.63, 3.8) is 0 Å². The first-order valence-electron chi connectivity index (χ1n) is 8.34. The first kappa shape index (κ1) is 19.1. The second kappa shape index (κ2) is 9.26. The lowest BCUT2D eigenvalue weighted by Crippen LogP contribution is -2.19. The van der Waals surface area contributed by atoms with Crippen molar-refractivity contribution in [2.24, 2.45) is 5.41 Å². The predicted octanol–water partition coefficient (Wildman–Crippen LogP) is 6.13. The fraction of sp³-hybridized carbons (Fsp3) is 0.455. The highest BCUT2D eigenvalue weighted by molar-refractivity contribution is 5.37. The third-order valence-electron chi connectivity index (χ3n) is 4.35. The molecule has 0 radical (unpaired) electrons. The summed E-state index contributed by atoms with van der Waals surface area (Å²) in [7, 11) is 0. The molecular weight excluding hydrogens is 280 g/mol. The van der Waals surface area contributed by atoms with Gasteiger partial charge in [-0.2, -0.15) is 0 Å². The molecule has 0 aliphatic heterocycles. The molecule has 0 amide bonds. The topological polar surface area (TPSA) is 9.23 Å². The minimum absolute atomic E-state index is 0.297. The smallest absolute Gasteiger partial charge is 0.119 e. The van der Waals surface area contributed by atoms with Crippen LogP contribution >= 0.6 is 0 Å². The van der Waals surface area contributed by atoms with Crippen molar-refractivity contribution >= 4 is 0 Å². The van der Waals surface area contributed by atoms with Crippen molar-refractivity contribution in [3.05, 3.63) is 58.7 Å². The molecule has 0 saturated carbocycles. The summed E-state index contributed by atoms with van der Waals surface area (Å²) < 4.78 is 4.85. The summed E-state index contributed by atoms with van der Waals surface area (Å²) in [6.07, 6.45) is 23.8. The quantitative estimate of drug-likeness (QED) is 0.326. The van der Waals surface area contributed by atoms with Crippen LogP contribution in [0.4, 0.5) is 0 Å². The Bertz CT molecular complexity index is 586. The molecule has 0 atom stereocenters. The van der Waals surface area contributed by atoms with Crippen molar-refractivity contribution in [2.75, 3.05) is 6.61 Å². The highest BCUT2D eigenvalue weighted by atomic mass is 16.5. The zero-order chi connectivity index (χ0) is 17.3.